The SMILES string of the molecule is CCCCO[Si](C)(CCOCC)OCCCC. The lowest BCUT2D eigenvalue weighted by molar-refractivity contribution is 0.131. The van der Waals surface area contributed by atoms with E-state index in [2.05, 4.69) is 20.4 Å². The van der Waals surface area contributed by atoms with Crippen molar-refractivity contribution in [2.75, 3.05) is 26.4 Å². The highest BCUT2D eigenvalue weighted by molar-refractivity contribution is 6.66. The lowest BCUT2D eigenvalue weighted by Crippen LogP contribution is -2.40. The molecule has 0 N–H and O–H groups in total. The molecule has 0 spiro atoms. The van der Waals surface area contributed by atoms with Crippen LogP contribution in [-0.2, 0) is 13.6 Å². The van der Waals surface area contributed by atoms with Gasteiger partial charge in [-0.2, -0.15) is 0 Å². The Morgan fingerprint density at radius 2 is 1.35 bits per heavy atom. The van der Waals surface area contributed by atoms with E-state index in [1.165, 1.54) is 12.8 Å². The molecule has 0 saturated heterocycles. The first-order valence-corrected chi connectivity index (χ1v) is 9.56. The van der Waals surface area contributed by atoms with Crippen LogP contribution >= 0.6 is 0 Å². The molecule has 0 unspecified atom stereocenters. The Hall–Kier alpha value is 0.0969. The molecule has 4 heteroatoms. The van der Waals surface area contributed by atoms with Crippen LogP contribution in [0, 0.1) is 0 Å². The zero-order valence-electron chi connectivity index (χ0n) is 12.1. The number of hydrogen-bond donors (Lipinski definition) is 0. The molecule has 0 bridgehead atoms. The average molecular weight is 262 g/mol. The standard InChI is InChI=1S/C13H30O3Si/c1-5-8-10-15-17(4,13-12-14-7-3)16-11-9-6-2/h5-13H2,1-4H3. The van der Waals surface area contributed by atoms with Crippen LogP contribution < -0.4 is 0 Å². The third-order valence-electron chi connectivity index (χ3n) is 2.72. The van der Waals surface area contributed by atoms with Gasteiger partial charge < -0.3 is 13.6 Å². The van der Waals surface area contributed by atoms with E-state index < -0.39 is 8.56 Å². The van der Waals surface area contributed by atoms with Crippen molar-refractivity contribution in [3.8, 4) is 0 Å². The van der Waals surface area contributed by atoms with Crippen LogP contribution in [0.5, 0.6) is 0 Å². The minimum atomic E-state index is -1.99. The molecule has 0 fully saturated rings. The van der Waals surface area contributed by atoms with Crippen LogP contribution in [0.3, 0.4) is 0 Å². The number of unbranched alkanes of at least 4 members (excludes halogenated alkanes) is 2. The normalized spacial score (nSPS) is 12.0. The number of hydrogen-bond acceptors (Lipinski definition) is 3. The predicted molar refractivity (Wildman–Crippen MR) is 74.6 cm³/mol. The predicted octanol–water partition coefficient (Wildman–Crippen LogP) is 3.73. The smallest absolute Gasteiger partial charge is 0.337 e. The Morgan fingerprint density at radius 1 is 0.824 bits per heavy atom. The average Bonchev–Trinajstić information content (AvgIpc) is 2.30. The molecule has 0 heterocycles. The minimum Gasteiger partial charge on any atom is -0.394 e. The summed E-state index contributed by atoms with van der Waals surface area (Å²) in [6.07, 6.45) is 4.58. The van der Waals surface area contributed by atoms with Crippen LogP contribution in [0.15, 0.2) is 0 Å². The molecule has 0 aromatic heterocycles. The Morgan fingerprint density at radius 3 is 1.76 bits per heavy atom. The maximum Gasteiger partial charge on any atom is 0.337 e. The van der Waals surface area contributed by atoms with Crippen molar-refractivity contribution < 1.29 is 13.6 Å². The summed E-state index contributed by atoms with van der Waals surface area (Å²) in [5.74, 6) is 0. The monoisotopic (exact) mass is 262 g/mol. The summed E-state index contributed by atoms with van der Waals surface area (Å²) >= 11 is 0. The molecule has 0 amide bonds. The third kappa shape index (κ3) is 9.77. The van der Waals surface area contributed by atoms with Gasteiger partial charge in [-0.3, -0.25) is 0 Å². The highest BCUT2D eigenvalue weighted by atomic mass is 28.4. The molecule has 104 valence electrons. The third-order valence-corrected chi connectivity index (χ3v) is 5.46. The van der Waals surface area contributed by atoms with E-state index in [1.807, 2.05) is 6.92 Å². The van der Waals surface area contributed by atoms with Gasteiger partial charge >= 0.3 is 8.56 Å². The number of ether oxygens (including phenoxy) is 1. The summed E-state index contributed by atoms with van der Waals surface area (Å²) in [5, 5.41) is 0. The second kappa shape index (κ2) is 11.2. The van der Waals surface area contributed by atoms with E-state index in [0.717, 1.165) is 45.3 Å². The van der Waals surface area contributed by atoms with E-state index in [0.29, 0.717) is 0 Å². The van der Waals surface area contributed by atoms with Crippen molar-refractivity contribution in [2.45, 2.75) is 59.0 Å². The van der Waals surface area contributed by atoms with Crippen LogP contribution in [0.25, 0.3) is 0 Å². The molecule has 0 aliphatic carbocycles. The largest absolute Gasteiger partial charge is 0.394 e. The number of rotatable bonds is 12. The van der Waals surface area contributed by atoms with E-state index in [9.17, 15) is 0 Å². The van der Waals surface area contributed by atoms with Gasteiger partial charge in [0.25, 0.3) is 0 Å². The van der Waals surface area contributed by atoms with Gasteiger partial charge in [0.1, 0.15) is 0 Å². The van der Waals surface area contributed by atoms with Gasteiger partial charge in [-0.1, -0.05) is 26.7 Å². The summed E-state index contributed by atoms with van der Waals surface area (Å²) in [5.41, 5.74) is 0. The summed E-state index contributed by atoms with van der Waals surface area (Å²) in [4.78, 5) is 0. The summed E-state index contributed by atoms with van der Waals surface area (Å²) in [6.45, 7) is 11.7. The van der Waals surface area contributed by atoms with E-state index in [1.54, 1.807) is 0 Å². The van der Waals surface area contributed by atoms with Crippen molar-refractivity contribution in [3.05, 3.63) is 0 Å². The molecule has 0 aromatic rings. The van der Waals surface area contributed by atoms with Crippen molar-refractivity contribution in [3.63, 3.8) is 0 Å². The first-order valence-electron chi connectivity index (χ1n) is 7.04. The molecule has 0 saturated carbocycles. The van der Waals surface area contributed by atoms with Gasteiger partial charge in [0, 0.05) is 32.5 Å². The maximum absolute atomic E-state index is 6.00. The minimum absolute atomic E-state index is 0.761. The van der Waals surface area contributed by atoms with Gasteiger partial charge in [-0.05, 0) is 26.3 Å². The molecule has 0 aliphatic rings. The molecular weight excluding hydrogens is 232 g/mol. The molecule has 17 heavy (non-hydrogen) atoms. The van der Waals surface area contributed by atoms with Crippen molar-refractivity contribution in [1.82, 2.24) is 0 Å². The van der Waals surface area contributed by atoms with Crippen molar-refractivity contribution in [1.29, 1.82) is 0 Å². The molecular formula is C13H30O3Si. The summed E-state index contributed by atoms with van der Waals surface area (Å²) < 4.78 is 17.4. The zero-order valence-corrected chi connectivity index (χ0v) is 13.1. The van der Waals surface area contributed by atoms with Crippen molar-refractivity contribution in [2.24, 2.45) is 0 Å². The van der Waals surface area contributed by atoms with Gasteiger partial charge in [0.05, 0.1) is 0 Å². The second-order valence-electron chi connectivity index (χ2n) is 4.48. The van der Waals surface area contributed by atoms with Crippen LogP contribution in [0.4, 0.5) is 0 Å². The quantitative estimate of drug-likeness (QED) is 0.396. The fourth-order valence-corrected chi connectivity index (χ4v) is 3.49. The summed E-state index contributed by atoms with van der Waals surface area (Å²) in [7, 11) is -1.99. The lowest BCUT2D eigenvalue weighted by atomic mass is 10.4. The highest BCUT2D eigenvalue weighted by Gasteiger charge is 2.30. The lowest BCUT2D eigenvalue weighted by Gasteiger charge is -2.27. The second-order valence-corrected chi connectivity index (χ2v) is 7.83. The Kier molecular flexibility index (Phi) is 11.3. The Bertz CT molecular complexity index is 138. The van der Waals surface area contributed by atoms with E-state index in [-0.39, 0.29) is 0 Å². The molecule has 3 nitrogen and oxygen atoms in total. The van der Waals surface area contributed by atoms with Gasteiger partial charge in [0.15, 0.2) is 0 Å². The zero-order chi connectivity index (χ0) is 13.0. The molecule has 0 atom stereocenters. The van der Waals surface area contributed by atoms with Gasteiger partial charge in [-0.15, -0.1) is 0 Å². The molecule has 0 aromatic carbocycles. The first-order chi connectivity index (χ1) is 8.18. The molecule has 0 rings (SSSR count). The fraction of sp³-hybridized carbons (Fsp3) is 1.00. The van der Waals surface area contributed by atoms with Crippen LogP contribution in [0.2, 0.25) is 12.6 Å². The van der Waals surface area contributed by atoms with Gasteiger partial charge in [0.2, 0.25) is 0 Å². The maximum atomic E-state index is 6.00. The van der Waals surface area contributed by atoms with Gasteiger partial charge in [-0.25, -0.2) is 0 Å². The summed E-state index contributed by atoms with van der Waals surface area (Å²) in [6, 6.07) is 0.939. The Labute approximate surface area is 108 Å². The van der Waals surface area contributed by atoms with Crippen LogP contribution in [0.1, 0.15) is 46.5 Å². The molecule has 0 aliphatic heterocycles. The highest BCUT2D eigenvalue weighted by Crippen LogP contribution is 2.15. The Balaban J connectivity index is 3.95. The molecule has 0 radical (unpaired) electrons. The first kappa shape index (κ1) is 17.1. The van der Waals surface area contributed by atoms with Crippen LogP contribution in [-0.4, -0.2) is 35.0 Å². The topological polar surface area (TPSA) is 27.7 Å². The van der Waals surface area contributed by atoms with E-state index in [4.69, 9.17) is 13.6 Å². The fourth-order valence-electron chi connectivity index (χ4n) is 1.45. The van der Waals surface area contributed by atoms with Crippen molar-refractivity contribution >= 4 is 8.56 Å². The van der Waals surface area contributed by atoms with E-state index >= 15 is 0 Å².